The van der Waals surface area contributed by atoms with Gasteiger partial charge in [-0.15, -0.1) is 0 Å². The second-order valence-corrected chi connectivity index (χ2v) is 7.59. The summed E-state index contributed by atoms with van der Waals surface area (Å²) in [5.74, 6) is 0.0787. The molecule has 2 N–H and O–H groups in total. The predicted octanol–water partition coefficient (Wildman–Crippen LogP) is 3.90. The number of thioether (sulfide) groups is 1. The number of carbonyl (C=O) groups is 2. The molecule has 0 saturated heterocycles. The van der Waals surface area contributed by atoms with Gasteiger partial charge in [0.25, 0.3) is 5.22 Å². The lowest BCUT2D eigenvalue weighted by molar-refractivity contribution is -0.121. The molecule has 2 rings (SSSR count). The van der Waals surface area contributed by atoms with Gasteiger partial charge in [0.15, 0.2) is 5.58 Å². The van der Waals surface area contributed by atoms with Crippen LogP contribution in [0.3, 0.4) is 0 Å². The first-order valence-electron chi connectivity index (χ1n) is 9.70. The van der Waals surface area contributed by atoms with Crippen molar-refractivity contribution in [3.05, 3.63) is 24.3 Å². The van der Waals surface area contributed by atoms with Crippen LogP contribution in [0.1, 0.15) is 52.4 Å². The molecule has 0 aliphatic rings. The van der Waals surface area contributed by atoms with E-state index in [0.717, 1.165) is 36.8 Å². The van der Waals surface area contributed by atoms with Crippen LogP contribution in [0.2, 0.25) is 0 Å². The average Bonchev–Trinajstić information content (AvgIpc) is 3.09. The highest BCUT2D eigenvalue weighted by atomic mass is 32.2. The van der Waals surface area contributed by atoms with Crippen LogP contribution in [0.15, 0.2) is 33.9 Å². The zero-order valence-electron chi connectivity index (χ0n) is 16.1. The van der Waals surface area contributed by atoms with Gasteiger partial charge in [0.2, 0.25) is 11.8 Å². The molecule has 0 saturated carbocycles. The van der Waals surface area contributed by atoms with E-state index in [9.17, 15) is 9.59 Å². The highest BCUT2D eigenvalue weighted by Gasteiger charge is 2.22. The largest absolute Gasteiger partial charge is 0.431 e. The number of hydrogen-bond donors (Lipinski definition) is 2. The van der Waals surface area contributed by atoms with Crippen LogP contribution in [-0.4, -0.2) is 35.1 Å². The first-order valence-corrected chi connectivity index (χ1v) is 10.6. The summed E-state index contributed by atoms with van der Waals surface area (Å²) in [6, 6.07) is 7.57. The summed E-state index contributed by atoms with van der Waals surface area (Å²) in [6.07, 6.45) is 4.57. The van der Waals surface area contributed by atoms with Crippen molar-refractivity contribution in [1.82, 2.24) is 15.6 Å². The molecule has 1 aromatic carbocycles. The van der Waals surface area contributed by atoms with Crippen LogP contribution in [0.25, 0.3) is 11.1 Å². The fraction of sp³-hybridized carbons (Fsp3) is 0.550. The van der Waals surface area contributed by atoms with Crippen molar-refractivity contribution >= 4 is 34.7 Å². The molecule has 1 aromatic heterocycles. The Kier molecular flexibility index (Phi) is 9.18. The van der Waals surface area contributed by atoms with Gasteiger partial charge in [0, 0.05) is 19.5 Å². The van der Waals surface area contributed by atoms with Crippen molar-refractivity contribution in [2.75, 3.05) is 13.1 Å². The van der Waals surface area contributed by atoms with E-state index < -0.39 is 0 Å². The summed E-state index contributed by atoms with van der Waals surface area (Å²) in [6.45, 7) is 5.43. The fourth-order valence-electron chi connectivity index (χ4n) is 2.60. The molecule has 1 heterocycles. The van der Waals surface area contributed by atoms with E-state index in [1.807, 2.05) is 38.1 Å². The van der Waals surface area contributed by atoms with Crippen LogP contribution in [0.4, 0.5) is 0 Å². The van der Waals surface area contributed by atoms with Crippen molar-refractivity contribution in [3.63, 3.8) is 0 Å². The number of para-hydroxylation sites is 2. The van der Waals surface area contributed by atoms with Crippen molar-refractivity contribution in [2.45, 2.75) is 62.8 Å². The summed E-state index contributed by atoms with van der Waals surface area (Å²) in [7, 11) is 0. The van der Waals surface area contributed by atoms with Crippen LogP contribution in [-0.2, 0) is 9.59 Å². The molecule has 0 radical (unpaired) electrons. The maximum atomic E-state index is 12.5. The number of nitrogens with zero attached hydrogens (tertiary/aromatic N) is 1. The van der Waals surface area contributed by atoms with Gasteiger partial charge in [0.05, 0.1) is 5.25 Å². The first-order chi connectivity index (χ1) is 13.1. The predicted molar refractivity (Wildman–Crippen MR) is 109 cm³/mol. The number of unbranched alkanes of at least 4 members (excludes halogenated alkanes) is 1. The third-order valence-corrected chi connectivity index (χ3v) is 5.16. The van der Waals surface area contributed by atoms with Gasteiger partial charge in [-0.1, -0.05) is 44.2 Å². The number of hydrogen-bond acceptors (Lipinski definition) is 5. The summed E-state index contributed by atoms with van der Waals surface area (Å²) in [4.78, 5) is 28.7. The number of oxazole rings is 1. The smallest absolute Gasteiger partial charge is 0.257 e. The number of amides is 2. The summed E-state index contributed by atoms with van der Waals surface area (Å²) >= 11 is 1.36. The minimum Gasteiger partial charge on any atom is -0.431 e. The molecule has 27 heavy (non-hydrogen) atoms. The van der Waals surface area contributed by atoms with Crippen LogP contribution in [0, 0.1) is 0 Å². The Morgan fingerprint density at radius 2 is 1.85 bits per heavy atom. The van der Waals surface area contributed by atoms with Crippen molar-refractivity contribution < 1.29 is 14.0 Å². The van der Waals surface area contributed by atoms with Crippen molar-refractivity contribution in [2.24, 2.45) is 0 Å². The van der Waals surface area contributed by atoms with Crippen LogP contribution in [0.5, 0.6) is 0 Å². The molecule has 7 heteroatoms. The lowest BCUT2D eigenvalue weighted by atomic mass is 10.1. The SMILES string of the molecule is CCCNC(=O)CCCCC(Sc1nc2ccccc2o1)C(=O)NCCC. The van der Waals surface area contributed by atoms with Gasteiger partial charge in [-0.25, -0.2) is 4.98 Å². The minimum absolute atomic E-state index is 0.000425. The van der Waals surface area contributed by atoms with Crippen LogP contribution < -0.4 is 10.6 Å². The molecule has 2 amide bonds. The molecule has 1 unspecified atom stereocenters. The van der Waals surface area contributed by atoms with Crippen LogP contribution >= 0.6 is 11.8 Å². The Morgan fingerprint density at radius 3 is 2.59 bits per heavy atom. The van der Waals surface area contributed by atoms with Gasteiger partial charge < -0.3 is 15.1 Å². The Bertz CT molecular complexity index is 699. The maximum absolute atomic E-state index is 12.5. The van der Waals surface area contributed by atoms with E-state index >= 15 is 0 Å². The summed E-state index contributed by atoms with van der Waals surface area (Å²) < 4.78 is 5.75. The third-order valence-electron chi connectivity index (χ3n) is 4.05. The van der Waals surface area contributed by atoms with E-state index in [-0.39, 0.29) is 17.1 Å². The molecule has 0 spiro atoms. The number of nitrogens with one attached hydrogen (secondary N) is 2. The molecule has 2 aromatic rings. The maximum Gasteiger partial charge on any atom is 0.257 e. The Balaban J connectivity index is 1.90. The van der Waals surface area contributed by atoms with Crippen molar-refractivity contribution in [3.8, 4) is 0 Å². The molecule has 0 aliphatic carbocycles. The van der Waals surface area contributed by atoms with Gasteiger partial charge in [0.1, 0.15) is 5.52 Å². The summed E-state index contributed by atoms with van der Waals surface area (Å²) in [5, 5.41) is 6.07. The number of carbonyl (C=O) groups excluding carboxylic acids is 2. The summed E-state index contributed by atoms with van der Waals surface area (Å²) in [5.41, 5.74) is 1.51. The number of fused-ring (bicyclic) bond motifs is 1. The molecule has 1 atom stereocenters. The highest BCUT2D eigenvalue weighted by Crippen LogP contribution is 2.29. The Hall–Kier alpha value is -2.02. The lowest BCUT2D eigenvalue weighted by Gasteiger charge is -2.14. The van der Waals surface area contributed by atoms with E-state index in [2.05, 4.69) is 15.6 Å². The van der Waals surface area contributed by atoms with Gasteiger partial charge in [-0.05, 0) is 37.8 Å². The second-order valence-electron chi connectivity index (χ2n) is 6.44. The normalized spacial score (nSPS) is 12.1. The van der Waals surface area contributed by atoms with E-state index in [1.165, 1.54) is 11.8 Å². The first kappa shape index (κ1) is 21.3. The molecule has 0 aliphatic heterocycles. The molecule has 6 nitrogen and oxygen atoms in total. The number of benzene rings is 1. The van der Waals surface area contributed by atoms with Gasteiger partial charge in [-0.3, -0.25) is 9.59 Å². The highest BCUT2D eigenvalue weighted by molar-refractivity contribution is 8.00. The molecular formula is C20H29N3O3S. The molecular weight excluding hydrogens is 362 g/mol. The minimum atomic E-state index is -0.275. The topological polar surface area (TPSA) is 84.2 Å². The van der Waals surface area contributed by atoms with Gasteiger partial charge in [-0.2, -0.15) is 0 Å². The lowest BCUT2D eigenvalue weighted by Crippen LogP contribution is -2.33. The molecule has 0 bridgehead atoms. The monoisotopic (exact) mass is 391 g/mol. The Labute approximate surface area is 164 Å². The van der Waals surface area contributed by atoms with Crippen molar-refractivity contribution in [1.29, 1.82) is 0 Å². The fourth-order valence-corrected chi connectivity index (χ4v) is 3.60. The standard InChI is InChI=1S/C20H29N3O3S/c1-3-13-21-18(24)12-8-7-11-17(19(25)22-14-4-2)27-20-23-15-9-5-6-10-16(15)26-20/h5-6,9-10,17H,3-4,7-8,11-14H2,1-2H3,(H,21,24)(H,22,25). The van der Waals surface area contributed by atoms with E-state index in [1.54, 1.807) is 0 Å². The quantitative estimate of drug-likeness (QED) is 0.423. The zero-order chi connectivity index (χ0) is 19.5. The second kappa shape index (κ2) is 11.6. The van der Waals surface area contributed by atoms with E-state index in [4.69, 9.17) is 4.42 Å². The van der Waals surface area contributed by atoms with E-state index in [0.29, 0.717) is 31.2 Å². The molecule has 0 fully saturated rings. The van der Waals surface area contributed by atoms with Gasteiger partial charge >= 0.3 is 0 Å². The third kappa shape index (κ3) is 7.25. The number of aromatic nitrogens is 1. The number of rotatable bonds is 12. The zero-order valence-corrected chi connectivity index (χ0v) is 16.9. The average molecular weight is 392 g/mol. The molecule has 148 valence electrons. The Morgan fingerprint density at radius 1 is 1.11 bits per heavy atom.